The number of nitrogens with one attached hydrogen (secondary N) is 1. The summed E-state index contributed by atoms with van der Waals surface area (Å²) in [4.78, 5) is 22.6. The predicted molar refractivity (Wildman–Crippen MR) is 70.5 cm³/mol. The highest BCUT2D eigenvalue weighted by Crippen LogP contribution is 2.20. The average Bonchev–Trinajstić information content (AvgIpc) is 2.26. The largest absolute Gasteiger partial charge is 0.478 e. The zero-order valence-electron chi connectivity index (χ0n) is 10.6. The van der Waals surface area contributed by atoms with Crippen molar-refractivity contribution in [2.45, 2.75) is 26.7 Å². The Morgan fingerprint density at radius 3 is 2.61 bits per heavy atom. The van der Waals surface area contributed by atoms with E-state index >= 15 is 0 Å². The Morgan fingerprint density at radius 1 is 1.39 bits per heavy atom. The van der Waals surface area contributed by atoms with E-state index in [1.165, 1.54) is 18.2 Å². The molecule has 0 saturated carbocycles. The molecule has 1 aromatic rings. The molecule has 1 amide bonds. The van der Waals surface area contributed by atoms with Crippen molar-refractivity contribution in [1.82, 2.24) is 0 Å². The first kappa shape index (κ1) is 14.0. The molecule has 0 aliphatic heterocycles. The summed E-state index contributed by atoms with van der Waals surface area (Å²) in [6.45, 7) is 4.05. The van der Waals surface area contributed by atoms with Crippen LogP contribution < -0.4 is 11.1 Å². The second kappa shape index (κ2) is 6.05. The van der Waals surface area contributed by atoms with Gasteiger partial charge < -0.3 is 16.2 Å². The maximum Gasteiger partial charge on any atom is 0.337 e. The highest BCUT2D eigenvalue weighted by molar-refractivity contribution is 6.01. The molecule has 0 aliphatic rings. The molecular weight excluding hydrogens is 232 g/mol. The highest BCUT2D eigenvalue weighted by Gasteiger charge is 2.12. The molecule has 0 saturated heterocycles. The van der Waals surface area contributed by atoms with E-state index in [0.717, 1.165) is 6.42 Å². The first-order chi connectivity index (χ1) is 8.40. The summed E-state index contributed by atoms with van der Waals surface area (Å²) in [7, 11) is 0. The van der Waals surface area contributed by atoms with Gasteiger partial charge in [-0.1, -0.05) is 13.8 Å². The molecule has 98 valence electrons. The van der Waals surface area contributed by atoms with Gasteiger partial charge >= 0.3 is 5.97 Å². The average molecular weight is 250 g/mol. The van der Waals surface area contributed by atoms with E-state index in [0.29, 0.717) is 18.0 Å². The lowest BCUT2D eigenvalue weighted by molar-refractivity contribution is -0.116. The molecule has 0 aliphatic carbocycles. The molecule has 0 radical (unpaired) electrons. The summed E-state index contributed by atoms with van der Waals surface area (Å²) in [5.41, 5.74) is 6.29. The number of carbonyl (C=O) groups is 2. The van der Waals surface area contributed by atoms with Gasteiger partial charge in [-0.05, 0) is 30.5 Å². The van der Waals surface area contributed by atoms with Crippen LogP contribution in [0.15, 0.2) is 18.2 Å². The van der Waals surface area contributed by atoms with Gasteiger partial charge in [0.1, 0.15) is 0 Å². The summed E-state index contributed by atoms with van der Waals surface area (Å²) >= 11 is 0. The summed E-state index contributed by atoms with van der Waals surface area (Å²) in [5, 5.41) is 11.6. The van der Waals surface area contributed by atoms with Crippen molar-refractivity contribution in [3.63, 3.8) is 0 Å². The number of anilines is 2. The summed E-state index contributed by atoms with van der Waals surface area (Å²) in [6, 6.07) is 4.33. The fourth-order valence-corrected chi connectivity index (χ4v) is 1.48. The van der Waals surface area contributed by atoms with Crippen LogP contribution in [-0.2, 0) is 4.79 Å². The second-order valence-electron chi connectivity index (χ2n) is 4.59. The normalized spacial score (nSPS) is 10.4. The van der Waals surface area contributed by atoms with Gasteiger partial charge in [-0.25, -0.2) is 4.79 Å². The maximum atomic E-state index is 11.7. The number of aromatic carboxylic acids is 1. The van der Waals surface area contributed by atoms with Crippen LogP contribution in [0.3, 0.4) is 0 Å². The van der Waals surface area contributed by atoms with Gasteiger partial charge in [0.2, 0.25) is 5.91 Å². The zero-order chi connectivity index (χ0) is 13.7. The fourth-order valence-electron chi connectivity index (χ4n) is 1.48. The Balaban J connectivity index is 2.79. The van der Waals surface area contributed by atoms with E-state index < -0.39 is 5.97 Å². The minimum Gasteiger partial charge on any atom is -0.478 e. The number of nitrogens with two attached hydrogens (primary N) is 1. The van der Waals surface area contributed by atoms with Crippen LogP contribution in [0, 0.1) is 5.92 Å². The quantitative estimate of drug-likeness (QED) is 0.699. The minimum atomic E-state index is -1.09. The van der Waals surface area contributed by atoms with Crippen LogP contribution in [0.5, 0.6) is 0 Å². The van der Waals surface area contributed by atoms with E-state index in [-0.39, 0.29) is 17.2 Å². The molecule has 5 heteroatoms. The predicted octanol–water partition coefficient (Wildman–Crippen LogP) is 2.34. The lowest BCUT2D eigenvalue weighted by Gasteiger charge is -2.10. The van der Waals surface area contributed by atoms with Gasteiger partial charge in [-0.15, -0.1) is 0 Å². The number of hydrogen-bond acceptors (Lipinski definition) is 3. The smallest absolute Gasteiger partial charge is 0.337 e. The third-order valence-corrected chi connectivity index (χ3v) is 2.50. The highest BCUT2D eigenvalue weighted by atomic mass is 16.4. The molecule has 1 rings (SSSR count). The Labute approximate surface area is 106 Å². The monoisotopic (exact) mass is 250 g/mol. The number of benzene rings is 1. The van der Waals surface area contributed by atoms with Crippen molar-refractivity contribution in [1.29, 1.82) is 0 Å². The number of nitrogen functional groups attached to an aromatic ring is 1. The van der Waals surface area contributed by atoms with Gasteiger partial charge in [0, 0.05) is 12.1 Å². The molecule has 0 aromatic heterocycles. The van der Waals surface area contributed by atoms with Gasteiger partial charge in [-0.3, -0.25) is 4.79 Å². The first-order valence-corrected chi connectivity index (χ1v) is 5.83. The number of rotatable bonds is 5. The number of amides is 1. The Morgan fingerprint density at radius 2 is 2.06 bits per heavy atom. The first-order valence-electron chi connectivity index (χ1n) is 5.83. The molecule has 1 aromatic carbocycles. The molecule has 5 nitrogen and oxygen atoms in total. The third kappa shape index (κ3) is 4.08. The van der Waals surface area contributed by atoms with E-state index in [2.05, 4.69) is 5.32 Å². The van der Waals surface area contributed by atoms with Crippen molar-refractivity contribution in [2.75, 3.05) is 11.1 Å². The topological polar surface area (TPSA) is 92.4 Å². The van der Waals surface area contributed by atoms with E-state index in [4.69, 9.17) is 10.8 Å². The molecule has 0 fully saturated rings. The summed E-state index contributed by atoms with van der Waals surface area (Å²) in [6.07, 6.45) is 1.13. The van der Waals surface area contributed by atoms with E-state index in [1.54, 1.807) is 0 Å². The number of carbonyl (C=O) groups excluding carboxylic acids is 1. The van der Waals surface area contributed by atoms with Gasteiger partial charge in [-0.2, -0.15) is 0 Å². The molecule has 0 spiro atoms. The van der Waals surface area contributed by atoms with E-state index in [1.807, 2.05) is 13.8 Å². The maximum absolute atomic E-state index is 11.7. The summed E-state index contributed by atoms with van der Waals surface area (Å²) in [5.74, 6) is -0.860. The van der Waals surface area contributed by atoms with Crippen molar-refractivity contribution >= 4 is 23.3 Å². The van der Waals surface area contributed by atoms with Crippen molar-refractivity contribution < 1.29 is 14.7 Å². The molecule has 0 atom stereocenters. The van der Waals surface area contributed by atoms with Gasteiger partial charge in [0.15, 0.2) is 0 Å². The van der Waals surface area contributed by atoms with Crippen molar-refractivity contribution in [2.24, 2.45) is 5.92 Å². The van der Waals surface area contributed by atoms with Crippen molar-refractivity contribution in [3.8, 4) is 0 Å². The molecule has 4 N–H and O–H groups in total. The Bertz CT molecular complexity index is 456. The molecule has 0 heterocycles. The lowest BCUT2D eigenvalue weighted by Crippen LogP contribution is -2.15. The number of carboxylic acid groups (broad SMARTS) is 1. The Hall–Kier alpha value is -2.04. The van der Waals surface area contributed by atoms with Crippen LogP contribution in [0.2, 0.25) is 0 Å². The summed E-state index contributed by atoms with van der Waals surface area (Å²) < 4.78 is 0. The zero-order valence-corrected chi connectivity index (χ0v) is 10.6. The van der Waals surface area contributed by atoms with Crippen molar-refractivity contribution in [3.05, 3.63) is 23.8 Å². The molecule has 18 heavy (non-hydrogen) atoms. The van der Waals surface area contributed by atoms with E-state index in [9.17, 15) is 9.59 Å². The minimum absolute atomic E-state index is 0.0436. The van der Waals surface area contributed by atoms with Crippen LogP contribution in [0.25, 0.3) is 0 Å². The van der Waals surface area contributed by atoms with Crippen LogP contribution in [-0.4, -0.2) is 17.0 Å². The number of hydrogen-bond donors (Lipinski definition) is 3. The second-order valence-corrected chi connectivity index (χ2v) is 4.59. The van der Waals surface area contributed by atoms with Crippen LogP contribution in [0.1, 0.15) is 37.0 Å². The third-order valence-electron chi connectivity index (χ3n) is 2.50. The fraction of sp³-hybridized carbons (Fsp3) is 0.385. The van der Waals surface area contributed by atoms with Gasteiger partial charge in [0.25, 0.3) is 0 Å². The Kier molecular flexibility index (Phi) is 4.71. The SMILES string of the molecule is CC(C)CCC(=O)Nc1cc(N)ccc1C(=O)O. The lowest BCUT2D eigenvalue weighted by atomic mass is 10.1. The van der Waals surface area contributed by atoms with Gasteiger partial charge in [0.05, 0.1) is 11.3 Å². The van der Waals surface area contributed by atoms with Crippen LogP contribution >= 0.6 is 0 Å². The van der Waals surface area contributed by atoms with Crippen LogP contribution in [0.4, 0.5) is 11.4 Å². The molecular formula is C13H18N2O3. The molecule has 0 bridgehead atoms. The number of carboxylic acids is 1. The standard InChI is InChI=1S/C13H18N2O3/c1-8(2)3-6-12(16)15-11-7-9(14)4-5-10(11)13(17)18/h4-5,7-8H,3,6,14H2,1-2H3,(H,15,16)(H,17,18). The molecule has 0 unspecified atom stereocenters.